The minimum absolute atomic E-state index is 0. The molecule has 0 atom stereocenters. The van der Waals surface area contributed by atoms with E-state index in [4.69, 9.17) is 14.4 Å². The van der Waals surface area contributed by atoms with Crippen molar-refractivity contribution in [3.05, 3.63) is 0 Å². The summed E-state index contributed by atoms with van der Waals surface area (Å²) in [6, 6.07) is 0. The molecule has 0 aliphatic heterocycles. The summed E-state index contributed by atoms with van der Waals surface area (Å²) in [5, 5.41) is 0. The van der Waals surface area contributed by atoms with E-state index in [0.29, 0.717) is 0 Å². The van der Waals surface area contributed by atoms with E-state index in [1.807, 2.05) is 0 Å². The first kappa shape index (κ1) is 31.2. The van der Waals surface area contributed by atoms with Crippen molar-refractivity contribution in [1.29, 1.82) is 0 Å². The maximum Gasteiger partial charge on any atom is 0 e. The van der Waals surface area contributed by atoms with Gasteiger partial charge in [0.15, 0.2) is 0 Å². The number of rotatable bonds is 0. The Bertz CT molecular complexity index is 51.3. The predicted molar refractivity (Wildman–Crippen MR) is 37.7 cm³/mol. The Hall–Kier alpha value is -0.446. The molecule has 0 aliphatic carbocycles. The van der Waals surface area contributed by atoms with Crippen LogP contribution in [0.15, 0.2) is 0 Å². The molecule has 0 bridgehead atoms. The maximum atomic E-state index is 8.68. The van der Waals surface area contributed by atoms with E-state index in [1.54, 1.807) is 0 Å². The van der Waals surface area contributed by atoms with E-state index in [1.165, 1.54) is 39.6 Å². The van der Waals surface area contributed by atoms with Gasteiger partial charge in [0, 0.05) is 18.6 Å². The molecule has 1 radical (unpaired) electrons. The molecule has 0 saturated carbocycles. The molecule has 5 heteroatoms. The van der Waals surface area contributed by atoms with Crippen LogP contribution in [0, 0.1) is 0 Å². The standard InChI is InChI=1S/3C2H3O.H2O.V/c3*1-2-3;;/h3*1H3;1H2;/q3*-1;;. The molecule has 0 unspecified atom stereocenters. The predicted octanol–water partition coefficient (Wildman–Crippen LogP) is -0.479. The first-order chi connectivity index (χ1) is 4.24. The summed E-state index contributed by atoms with van der Waals surface area (Å²) in [5.41, 5.74) is 0. The molecule has 0 aliphatic rings. The summed E-state index contributed by atoms with van der Waals surface area (Å²) in [5.74, 6) is 0. The second-order valence-electron chi connectivity index (χ2n) is 0.612. The minimum Gasteiger partial charge on any atom is -0.542 e. The molecule has 0 aromatic carbocycles. The zero-order chi connectivity index (χ0) is 8.12. The molecule has 0 saturated heterocycles. The number of hydrogen-bond acceptors (Lipinski definition) is 3. The van der Waals surface area contributed by atoms with Gasteiger partial charge in [0.05, 0.1) is 0 Å². The van der Waals surface area contributed by atoms with E-state index in [9.17, 15) is 0 Å². The Labute approximate surface area is 78.5 Å². The van der Waals surface area contributed by atoms with Crippen molar-refractivity contribution >= 4 is 18.9 Å². The van der Waals surface area contributed by atoms with Gasteiger partial charge in [-0.2, -0.15) is 20.8 Å². The second-order valence-corrected chi connectivity index (χ2v) is 0.612. The number of carbonyl (C=O) groups excluding carboxylic acids is 3. The molecule has 0 aromatic heterocycles. The van der Waals surface area contributed by atoms with E-state index in [-0.39, 0.29) is 24.0 Å². The Morgan fingerprint density at radius 3 is 0.727 bits per heavy atom. The molecule has 2 N–H and O–H groups in total. The average molecular weight is 198 g/mol. The van der Waals surface area contributed by atoms with Crippen molar-refractivity contribution < 1.29 is 38.4 Å². The molecule has 0 amide bonds. The minimum atomic E-state index is 0. The third-order valence-electron chi connectivity index (χ3n) is 0. The van der Waals surface area contributed by atoms with Gasteiger partial charge < -0.3 is 19.9 Å². The molecule has 11 heavy (non-hydrogen) atoms. The van der Waals surface area contributed by atoms with Crippen LogP contribution in [0.5, 0.6) is 0 Å². The van der Waals surface area contributed by atoms with Crippen molar-refractivity contribution in [3.8, 4) is 0 Å². The van der Waals surface area contributed by atoms with Crippen LogP contribution in [0.3, 0.4) is 0 Å². The summed E-state index contributed by atoms with van der Waals surface area (Å²) in [6.07, 6.45) is 4.50. The van der Waals surface area contributed by atoms with Gasteiger partial charge in [0.25, 0.3) is 0 Å². The van der Waals surface area contributed by atoms with Crippen LogP contribution in [0.1, 0.15) is 20.8 Å². The van der Waals surface area contributed by atoms with Crippen LogP contribution in [-0.2, 0) is 32.9 Å². The van der Waals surface area contributed by atoms with E-state index < -0.39 is 0 Å². The summed E-state index contributed by atoms with van der Waals surface area (Å²) in [4.78, 5) is 26.0. The smallest absolute Gasteiger partial charge is 0 e. The van der Waals surface area contributed by atoms with Crippen LogP contribution < -0.4 is 0 Å². The van der Waals surface area contributed by atoms with Crippen molar-refractivity contribution in [2.45, 2.75) is 20.8 Å². The maximum absolute atomic E-state index is 8.68. The van der Waals surface area contributed by atoms with Crippen molar-refractivity contribution in [1.82, 2.24) is 0 Å². The molecule has 0 heterocycles. The number of hydrogen-bond donors (Lipinski definition) is 0. The molecule has 4 nitrogen and oxygen atoms in total. The van der Waals surface area contributed by atoms with Crippen molar-refractivity contribution in [3.63, 3.8) is 0 Å². The first-order valence-electron chi connectivity index (χ1n) is 2.11. The van der Waals surface area contributed by atoms with Gasteiger partial charge in [-0.05, 0) is 0 Å². The van der Waals surface area contributed by atoms with Crippen LogP contribution in [-0.4, -0.2) is 24.3 Å². The van der Waals surface area contributed by atoms with Crippen LogP contribution in [0.25, 0.3) is 0 Å². The SMILES string of the molecule is C[C-]=O.C[C-]=O.C[C-]=O.O.[V]. The largest absolute Gasteiger partial charge is 0.542 e. The summed E-state index contributed by atoms with van der Waals surface area (Å²) in [6.45, 7) is 3.96. The Morgan fingerprint density at radius 2 is 0.727 bits per heavy atom. The summed E-state index contributed by atoms with van der Waals surface area (Å²) in [7, 11) is 0. The Balaban J connectivity index is -0.0000000150. The Morgan fingerprint density at radius 1 is 0.727 bits per heavy atom. The van der Waals surface area contributed by atoms with E-state index in [0.717, 1.165) is 0 Å². The zero-order valence-electron chi connectivity index (χ0n) is 6.67. The molecular weight excluding hydrogens is 187 g/mol. The van der Waals surface area contributed by atoms with Gasteiger partial charge in [-0.1, -0.05) is 0 Å². The molecular formula is C6H11O4V-3. The third-order valence-corrected chi connectivity index (χ3v) is 0. The van der Waals surface area contributed by atoms with Crippen LogP contribution in [0.4, 0.5) is 0 Å². The molecule has 0 spiro atoms. The van der Waals surface area contributed by atoms with Gasteiger partial charge in [0.2, 0.25) is 0 Å². The second kappa shape index (κ2) is 107. The zero-order valence-corrected chi connectivity index (χ0v) is 8.07. The quantitative estimate of drug-likeness (QED) is 0.493. The van der Waals surface area contributed by atoms with Gasteiger partial charge in [-0.15, -0.1) is 0 Å². The van der Waals surface area contributed by atoms with Gasteiger partial charge in [-0.25, -0.2) is 0 Å². The Kier molecular flexibility index (Phi) is 304. The van der Waals surface area contributed by atoms with E-state index in [2.05, 4.69) is 0 Å². The van der Waals surface area contributed by atoms with Crippen molar-refractivity contribution in [2.75, 3.05) is 0 Å². The van der Waals surface area contributed by atoms with Gasteiger partial charge >= 0.3 is 0 Å². The normalized spacial score (nSPS) is 3.55. The van der Waals surface area contributed by atoms with Gasteiger partial charge in [0.1, 0.15) is 0 Å². The fraction of sp³-hybridized carbons (Fsp3) is 0.500. The van der Waals surface area contributed by atoms with Crippen molar-refractivity contribution in [2.24, 2.45) is 0 Å². The molecule has 0 aromatic rings. The van der Waals surface area contributed by atoms with E-state index >= 15 is 0 Å². The topological polar surface area (TPSA) is 82.7 Å². The van der Waals surface area contributed by atoms with Crippen LogP contribution in [0.2, 0.25) is 0 Å². The third kappa shape index (κ3) is 2750. The first-order valence-corrected chi connectivity index (χ1v) is 2.11. The fourth-order valence-corrected chi connectivity index (χ4v) is 0. The monoisotopic (exact) mass is 198 g/mol. The van der Waals surface area contributed by atoms with Gasteiger partial charge in [-0.3, -0.25) is 18.9 Å². The molecule has 0 fully saturated rings. The van der Waals surface area contributed by atoms with Crippen LogP contribution >= 0.6 is 0 Å². The fourth-order valence-electron chi connectivity index (χ4n) is 0. The summed E-state index contributed by atoms with van der Waals surface area (Å²) >= 11 is 0. The summed E-state index contributed by atoms with van der Waals surface area (Å²) < 4.78 is 0. The average Bonchev–Trinajstić information content (AvgIpc) is 1.70. The molecule has 67 valence electrons. The molecule has 0 rings (SSSR count).